The van der Waals surface area contributed by atoms with Gasteiger partial charge in [-0.05, 0) is 55.4 Å². The van der Waals surface area contributed by atoms with Gasteiger partial charge in [-0.3, -0.25) is 4.79 Å². The lowest BCUT2D eigenvalue weighted by Gasteiger charge is -2.21. The molecule has 164 valence electrons. The molecule has 0 saturated carbocycles. The van der Waals surface area contributed by atoms with Crippen molar-refractivity contribution in [1.82, 2.24) is 10.6 Å². The lowest BCUT2D eigenvalue weighted by Crippen LogP contribution is -2.42. The predicted octanol–water partition coefficient (Wildman–Crippen LogP) is 2.62. The molecule has 3 N–H and O–H groups in total. The standard InChI is InChI=1S/C9H16ClNO4.C8H15NO4/c1-6(7(12)14-5-10)11-8(13)15-9(2,3)4;1-5(6(10)11)9-7(12)13-8(2,3)4/h6H,5H2,1-4H3,(H,11,13);5H,1-4H3,(H,9,12)(H,10,11)/t6-;5-/m00/s1. The van der Waals surface area contributed by atoms with Crippen molar-refractivity contribution in [3.05, 3.63) is 0 Å². The van der Waals surface area contributed by atoms with Gasteiger partial charge >= 0.3 is 24.1 Å². The average molecular weight is 427 g/mol. The van der Waals surface area contributed by atoms with Crippen LogP contribution >= 0.6 is 11.6 Å². The number of nitrogens with one attached hydrogen (secondary N) is 2. The molecule has 0 aromatic carbocycles. The molecule has 0 heterocycles. The summed E-state index contributed by atoms with van der Waals surface area (Å²) < 4.78 is 14.3. The maximum Gasteiger partial charge on any atom is 0.408 e. The van der Waals surface area contributed by atoms with Crippen LogP contribution in [0.2, 0.25) is 0 Å². The monoisotopic (exact) mass is 426 g/mol. The Morgan fingerprint density at radius 1 is 0.857 bits per heavy atom. The van der Waals surface area contributed by atoms with Crippen LogP contribution in [0.3, 0.4) is 0 Å². The van der Waals surface area contributed by atoms with Crippen LogP contribution in [0.5, 0.6) is 0 Å². The van der Waals surface area contributed by atoms with Gasteiger partial charge in [0, 0.05) is 0 Å². The zero-order valence-electron chi connectivity index (χ0n) is 17.5. The quantitative estimate of drug-likeness (QED) is 0.346. The van der Waals surface area contributed by atoms with Gasteiger partial charge < -0.3 is 30.0 Å². The number of aliphatic carboxylic acids is 1. The first-order chi connectivity index (χ1) is 12.5. The Bertz CT molecular complexity index is 540. The third kappa shape index (κ3) is 17.2. The smallest absolute Gasteiger partial charge is 0.408 e. The molecule has 0 rings (SSSR count). The van der Waals surface area contributed by atoms with Crippen molar-refractivity contribution in [2.45, 2.75) is 78.7 Å². The van der Waals surface area contributed by atoms with Crippen molar-refractivity contribution in [3.8, 4) is 0 Å². The minimum absolute atomic E-state index is 0.237. The predicted molar refractivity (Wildman–Crippen MR) is 102 cm³/mol. The fourth-order valence-electron chi connectivity index (χ4n) is 1.27. The molecule has 0 unspecified atom stereocenters. The molecule has 0 spiro atoms. The van der Waals surface area contributed by atoms with E-state index in [1.807, 2.05) is 0 Å². The van der Waals surface area contributed by atoms with E-state index in [0.29, 0.717) is 0 Å². The van der Waals surface area contributed by atoms with Crippen molar-refractivity contribution in [1.29, 1.82) is 0 Å². The third-order valence-corrected chi connectivity index (χ3v) is 2.50. The number of hydrogen-bond acceptors (Lipinski definition) is 7. The number of carboxylic acid groups (broad SMARTS) is 1. The number of hydrogen-bond donors (Lipinski definition) is 3. The average Bonchev–Trinajstić information content (AvgIpc) is 2.43. The molecule has 0 fully saturated rings. The molecule has 2 atom stereocenters. The fourth-order valence-corrected chi connectivity index (χ4v) is 1.38. The van der Waals surface area contributed by atoms with Crippen LogP contribution in [0.25, 0.3) is 0 Å². The summed E-state index contributed by atoms with van der Waals surface area (Å²) in [6.07, 6.45) is -1.39. The summed E-state index contributed by atoms with van der Waals surface area (Å²) in [4.78, 5) is 43.6. The number of alkyl halides is 1. The van der Waals surface area contributed by atoms with Crippen molar-refractivity contribution in [2.75, 3.05) is 6.07 Å². The number of carbonyl (C=O) groups is 4. The molecule has 0 aliphatic carbocycles. The van der Waals surface area contributed by atoms with Crippen LogP contribution in [-0.4, -0.2) is 58.6 Å². The van der Waals surface area contributed by atoms with Crippen molar-refractivity contribution in [2.24, 2.45) is 0 Å². The van der Waals surface area contributed by atoms with E-state index < -0.39 is 47.4 Å². The number of carbonyl (C=O) groups excluding carboxylic acids is 3. The zero-order chi connectivity index (χ0) is 22.7. The fraction of sp³-hybridized carbons (Fsp3) is 0.765. The molecule has 0 bridgehead atoms. The highest BCUT2D eigenvalue weighted by Crippen LogP contribution is 2.07. The van der Waals surface area contributed by atoms with Crippen LogP contribution in [-0.2, 0) is 23.8 Å². The molecule has 0 aromatic rings. The van der Waals surface area contributed by atoms with E-state index in [1.165, 1.54) is 13.8 Å². The molecule has 0 saturated heterocycles. The van der Waals surface area contributed by atoms with Crippen LogP contribution in [0, 0.1) is 0 Å². The van der Waals surface area contributed by atoms with Crippen molar-refractivity contribution in [3.63, 3.8) is 0 Å². The Kier molecular flexibility index (Phi) is 12.3. The second-order valence-corrected chi connectivity index (χ2v) is 7.86. The van der Waals surface area contributed by atoms with E-state index in [9.17, 15) is 19.2 Å². The van der Waals surface area contributed by atoms with E-state index in [-0.39, 0.29) is 6.07 Å². The van der Waals surface area contributed by atoms with Crippen LogP contribution in [0.4, 0.5) is 9.59 Å². The second-order valence-electron chi connectivity index (χ2n) is 7.65. The van der Waals surface area contributed by atoms with Gasteiger partial charge in [0.25, 0.3) is 0 Å². The molecule has 10 nitrogen and oxygen atoms in total. The lowest BCUT2D eigenvalue weighted by molar-refractivity contribution is -0.143. The number of halogens is 1. The number of amides is 2. The molecular formula is C17H31ClN2O8. The highest BCUT2D eigenvalue weighted by Gasteiger charge is 2.22. The minimum atomic E-state index is -1.09. The summed E-state index contributed by atoms with van der Waals surface area (Å²) >= 11 is 5.20. The van der Waals surface area contributed by atoms with Gasteiger partial charge in [0.15, 0.2) is 6.07 Å². The van der Waals surface area contributed by atoms with Crippen molar-refractivity contribution < 1.29 is 38.5 Å². The molecule has 0 aromatic heterocycles. The third-order valence-electron chi connectivity index (χ3n) is 2.39. The molecular weight excluding hydrogens is 396 g/mol. The minimum Gasteiger partial charge on any atom is -0.480 e. The first kappa shape index (κ1) is 28.0. The molecule has 11 heteroatoms. The Hall–Kier alpha value is -2.23. The molecule has 0 aliphatic heterocycles. The summed E-state index contributed by atoms with van der Waals surface area (Å²) in [7, 11) is 0. The van der Waals surface area contributed by atoms with E-state index in [4.69, 9.17) is 26.2 Å². The topological polar surface area (TPSA) is 140 Å². The van der Waals surface area contributed by atoms with Crippen LogP contribution in [0.15, 0.2) is 0 Å². The Morgan fingerprint density at radius 2 is 1.21 bits per heavy atom. The Labute approximate surface area is 170 Å². The number of ether oxygens (including phenoxy) is 3. The maximum absolute atomic E-state index is 11.2. The highest BCUT2D eigenvalue weighted by atomic mass is 35.5. The first-order valence-corrected chi connectivity index (χ1v) is 8.96. The Morgan fingerprint density at radius 3 is 1.50 bits per heavy atom. The first-order valence-electron chi connectivity index (χ1n) is 8.43. The summed E-state index contributed by atoms with van der Waals surface area (Å²) in [6, 6.07) is -1.95. The lowest BCUT2D eigenvalue weighted by atomic mass is 10.2. The van der Waals surface area contributed by atoms with Crippen molar-refractivity contribution >= 4 is 35.7 Å². The molecule has 2 amide bonds. The maximum atomic E-state index is 11.2. The number of carboxylic acids is 1. The van der Waals surface area contributed by atoms with E-state index in [2.05, 4.69) is 15.4 Å². The summed E-state index contributed by atoms with van der Waals surface area (Å²) in [5.74, 6) is -1.69. The SMILES string of the molecule is C[C@H](NC(=O)OC(C)(C)C)C(=O)O.C[C@H](NC(=O)OC(C)(C)C)C(=O)OCCl. The number of rotatable bonds is 5. The van der Waals surface area contributed by atoms with Crippen LogP contribution < -0.4 is 10.6 Å². The van der Waals surface area contributed by atoms with Crippen LogP contribution in [0.1, 0.15) is 55.4 Å². The molecule has 0 radical (unpaired) electrons. The van der Waals surface area contributed by atoms with Gasteiger partial charge in [-0.2, -0.15) is 0 Å². The van der Waals surface area contributed by atoms with Gasteiger partial charge in [0.2, 0.25) is 0 Å². The van der Waals surface area contributed by atoms with Gasteiger partial charge in [-0.1, -0.05) is 11.6 Å². The summed E-state index contributed by atoms with van der Waals surface area (Å²) in [5.41, 5.74) is -1.21. The molecule has 0 aliphatic rings. The van der Waals surface area contributed by atoms with Gasteiger partial charge in [0.1, 0.15) is 23.3 Å². The van der Waals surface area contributed by atoms with E-state index in [0.717, 1.165) is 0 Å². The summed E-state index contributed by atoms with van der Waals surface area (Å²) in [5, 5.41) is 13.0. The highest BCUT2D eigenvalue weighted by molar-refractivity contribution is 6.17. The normalized spacial score (nSPS) is 13.0. The van der Waals surface area contributed by atoms with Gasteiger partial charge in [-0.25, -0.2) is 14.4 Å². The molecule has 28 heavy (non-hydrogen) atoms. The van der Waals surface area contributed by atoms with Gasteiger partial charge in [-0.15, -0.1) is 0 Å². The number of esters is 1. The largest absolute Gasteiger partial charge is 0.480 e. The number of alkyl carbamates (subject to hydrolysis) is 2. The van der Waals surface area contributed by atoms with E-state index in [1.54, 1.807) is 41.5 Å². The zero-order valence-corrected chi connectivity index (χ0v) is 18.3. The summed E-state index contributed by atoms with van der Waals surface area (Å²) in [6.45, 7) is 13.2. The Balaban J connectivity index is 0. The van der Waals surface area contributed by atoms with E-state index >= 15 is 0 Å². The van der Waals surface area contributed by atoms with Gasteiger partial charge in [0.05, 0.1) is 0 Å². The second kappa shape index (κ2) is 12.3.